The maximum atomic E-state index is 11.7. The van der Waals surface area contributed by atoms with Crippen molar-refractivity contribution >= 4 is 5.97 Å². The third-order valence-corrected chi connectivity index (χ3v) is 2.48. The van der Waals surface area contributed by atoms with E-state index in [1.165, 1.54) is 0 Å². The van der Waals surface area contributed by atoms with Gasteiger partial charge in [-0.05, 0) is 24.6 Å². The number of esters is 1. The second kappa shape index (κ2) is 5.44. The standard InChI is InChI=1S/C13H15N3O2/c1-3-9-18-13(17)11-6-4-5-10(15-11)12-7-8-14-16(12)2/h4-8H,3,9H2,1-2H3. The van der Waals surface area contributed by atoms with Crippen molar-refractivity contribution in [3.8, 4) is 11.4 Å². The van der Waals surface area contributed by atoms with Gasteiger partial charge in [0.1, 0.15) is 5.69 Å². The third-order valence-electron chi connectivity index (χ3n) is 2.48. The highest BCUT2D eigenvalue weighted by molar-refractivity contribution is 5.87. The lowest BCUT2D eigenvalue weighted by Gasteiger charge is -2.05. The molecule has 0 atom stereocenters. The quantitative estimate of drug-likeness (QED) is 0.773. The summed E-state index contributed by atoms with van der Waals surface area (Å²) in [6.45, 7) is 2.36. The second-order valence-electron chi connectivity index (χ2n) is 3.88. The number of carbonyl (C=O) groups excluding carboxylic acids is 1. The average Bonchev–Trinajstić information content (AvgIpc) is 2.82. The summed E-state index contributed by atoms with van der Waals surface area (Å²) in [6.07, 6.45) is 2.49. The Labute approximate surface area is 105 Å². The number of ether oxygens (including phenoxy) is 1. The average molecular weight is 245 g/mol. The van der Waals surface area contributed by atoms with Gasteiger partial charge in [-0.2, -0.15) is 5.10 Å². The van der Waals surface area contributed by atoms with E-state index in [1.54, 1.807) is 23.0 Å². The molecule has 0 amide bonds. The number of aryl methyl sites for hydroxylation is 1. The molecule has 0 bridgehead atoms. The highest BCUT2D eigenvalue weighted by Gasteiger charge is 2.11. The van der Waals surface area contributed by atoms with Gasteiger partial charge in [-0.3, -0.25) is 4.68 Å². The summed E-state index contributed by atoms with van der Waals surface area (Å²) >= 11 is 0. The van der Waals surface area contributed by atoms with E-state index in [2.05, 4.69) is 10.1 Å². The first kappa shape index (κ1) is 12.3. The Balaban J connectivity index is 2.25. The van der Waals surface area contributed by atoms with Gasteiger partial charge in [0.15, 0.2) is 0 Å². The molecule has 0 fully saturated rings. The van der Waals surface area contributed by atoms with Gasteiger partial charge in [-0.1, -0.05) is 13.0 Å². The van der Waals surface area contributed by atoms with Crippen LogP contribution in [0.15, 0.2) is 30.5 Å². The van der Waals surface area contributed by atoms with E-state index in [0.717, 1.165) is 12.1 Å². The van der Waals surface area contributed by atoms with Crippen LogP contribution in [-0.4, -0.2) is 27.3 Å². The predicted octanol–water partition coefficient (Wildman–Crippen LogP) is 2.05. The summed E-state index contributed by atoms with van der Waals surface area (Å²) in [5.74, 6) is -0.388. The minimum atomic E-state index is -0.388. The van der Waals surface area contributed by atoms with E-state index in [0.29, 0.717) is 18.0 Å². The Morgan fingerprint density at radius 3 is 2.89 bits per heavy atom. The molecule has 18 heavy (non-hydrogen) atoms. The molecular weight excluding hydrogens is 230 g/mol. The van der Waals surface area contributed by atoms with Gasteiger partial charge in [0.2, 0.25) is 0 Å². The van der Waals surface area contributed by atoms with Crippen molar-refractivity contribution in [1.29, 1.82) is 0 Å². The zero-order valence-corrected chi connectivity index (χ0v) is 10.5. The number of carbonyl (C=O) groups is 1. The zero-order valence-electron chi connectivity index (χ0n) is 10.5. The number of nitrogens with zero attached hydrogens (tertiary/aromatic N) is 3. The topological polar surface area (TPSA) is 57.0 Å². The highest BCUT2D eigenvalue weighted by atomic mass is 16.5. The zero-order chi connectivity index (χ0) is 13.0. The first-order chi connectivity index (χ1) is 8.72. The van der Waals surface area contributed by atoms with Crippen LogP contribution in [0.25, 0.3) is 11.4 Å². The Bertz CT molecular complexity index is 549. The summed E-state index contributed by atoms with van der Waals surface area (Å²) in [7, 11) is 1.83. The largest absolute Gasteiger partial charge is 0.461 e. The molecule has 94 valence electrons. The van der Waals surface area contributed by atoms with Gasteiger partial charge in [-0.15, -0.1) is 0 Å². The van der Waals surface area contributed by atoms with E-state index >= 15 is 0 Å². The molecule has 0 aliphatic carbocycles. The number of pyridine rings is 1. The molecule has 2 heterocycles. The maximum absolute atomic E-state index is 11.7. The van der Waals surface area contributed by atoms with Crippen LogP contribution in [0.4, 0.5) is 0 Å². The SMILES string of the molecule is CCCOC(=O)c1cccc(-c2ccnn2C)n1. The summed E-state index contributed by atoms with van der Waals surface area (Å²) in [5.41, 5.74) is 1.89. The van der Waals surface area contributed by atoms with E-state index in [4.69, 9.17) is 4.74 Å². The van der Waals surface area contributed by atoms with Crippen molar-refractivity contribution in [2.24, 2.45) is 7.05 Å². The van der Waals surface area contributed by atoms with Crippen LogP contribution in [0.3, 0.4) is 0 Å². The molecule has 0 aliphatic heterocycles. The van der Waals surface area contributed by atoms with Gasteiger partial charge < -0.3 is 4.74 Å². The first-order valence-corrected chi connectivity index (χ1v) is 5.85. The Kier molecular flexibility index (Phi) is 3.72. The molecule has 5 nitrogen and oxygen atoms in total. The molecule has 2 aromatic rings. The molecular formula is C13H15N3O2. The second-order valence-corrected chi connectivity index (χ2v) is 3.88. The van der Waals surface area contributed by atoms with Gasteiger partial charge in [0.25, 0.3) is 0 Å². The molecule has 5 heteroatoms. The lowest BCUT2D eigenvalue weighted by molar-refractivity contribution is 0.0498. The highest BCUT2D eigenvalue weighted by Crippen LogP contribution is 2.15. The summed E-state index contributed by atoms with van der Waals surface area (Å²) in [5, 5.41) is 4.08. The monoisotopic (exact) mass is 245 g/mol. The molecule has 0 saturated carbocycles. The van der Waals surface area contributed by atoms with Gasteiger partial charge in [0, 0.05) is 13.2 Å². The fourth-order valence-corrected chi connectivity index (χ4v) is 1.58. The molecule has 0 unspecified atom stereocenters. The minimum absolute atomic E-state index is 0.321. The summed E-state index contributed by atoms with van der Waals surface area (Å²) in [6, 6.07) is 7.13. The van der Waals surface area contributed by atoms with E-state index in [-0.39, 0.29) is 5.97 Å². The van der Waals surface area contributed by atoms with E-state index < -0.39 is 0 Å². The molecule has 2 aromatic heterocycles. The van der Waals surface area contributed by atoms with Crippen molar-refractivity contribution in [1.82, 2.24) is 14.8 Å². The van der Waals surface area contributed by atoms with E-state index in [1.807, 2.05) is 26.1 Å². The normalized spacial score (nSPS) is 10.3. The fraction of sp³-hybridized carbons (Fsp3) is 0.308. The van der Waals surface area contributed by atoms with Crippen molar-refractivity contribution in [2.75, 3.05) is 6.61 Å². The van der Waals surface area contributed by atoms with Crippen LogP contribution in [-0.2, 0) is 11.8 Å². The lowest BCUT2D eigenvalue weighted by Crippen LogP contribution is -2.08. The van der Waals surface area contributed by atoms with Crippen molar-refractivity contribution in [3.63, 3.8) is 0 Å². The molecule has 0 radical (unpaired) electrons. The van der Waals surface area contributed by atoms with Crippen molar-refractivity contribution in [3.05, 3.63) is 36.2 Å². The predicted molar refractivity (Wildman–Crippen MR) is 67.0 cm³/mol. The van der Waals surface area contributed by atoms with Crippen LogP contribution < -0.4 is 0 Å². The maximum Gasteiger partial charge on any atom is 0.356 e. The molecule has 0 saturated heterocycles. The number of aromatic nitrogens is 3. The molecule has 0 aliphatic rings. The number of rotatable bonds is 4. The third kappa shape index (κ3) is 2.56. The van der Waals surface area contributed by atoms with Crippen molar-refractivity contribution < 1.29 is 9.53 Å². The van der Waals surface area contributed by atoms with Gasteiger partial charge in [0.05, 0.1) is 18.0 Å². The van der Waals surface area contributed by atoms with Crippen LogP contribution in [0.5, 0.6) is 0 Å². The number of hydrogen-bond donors (Lipinski definition) is 0. The molecule has 0 N–H and O–H groups in total. The molecule has 0 spiro atoms. The summed E-state index contributed by atoms with van der Waals surface area (Å²) in [4.78, 5) is 16.0. The lowest BCUT2D eigenvalue weighted by atomic mass is 10.2. The summed E-state index contributed by atoms with van der Waals surface area (Å²) < 4.78 is 6.77. The van der Waals surface area contributed by atoms with Crippen LogP contribution in [0.1, 0.15) is 23.8 Å². The van der Waals surface area contributed by atoms with Crippen LogP contribution in [0, 0.1) is 0 Å². The Morgan fingerprint density at radius 1 is 1.39 bits per heavy atom. The fourth-order valence-electron chi connectivity index (χ4n) is 1.58. The van der Waals surface area contributed by atoms with Gasteiger partial charge >= 0.3 is 5.97 Å². The van der Waals surface area contributed by atoms with Crippen LogP contribution in [0.2, 0.25) is 0 Å². The Morgan fingerprint density at radius 2 is 2.22 bits per heavy atom. The minimum Gasteiger partial charge on any atom is -0.461 e. The first-order valence-electron chi connectivity index (χ1n) is 5.85. The smallest absolute Gasteiger partial charge is 0.356 e. The Hall–Kier alpha value is -2.17. The van der Waals surface area contributed by atoms with Crippen LogP contribution >= 0.6 is 0 Å². The number of hydrogen-bond acceptors (Lipinski definition) is 4. The van der Waals surface area contributed by atoms with E-state index in [9.17, 15) is 4.79 Å². The molecule has 2 rings (SSSR count). The van der Waals surface area contributed by atoms with Crippen molar-refractivity contribution in [2.45, 2.75) is 13.3 Å². The van der Waals surface area contributed by atoms with Gasteiger partial charge in [-0.25, -0.2) is 9.78 Å². The molecule has 0 aromatic carbocycles.